The second-order valence-corrected chi connectivity index (χ2v) is 6.16. The standard InChI is InChI=1S/C22H21NO/c1-15-13-16(2)22(17(3)14-15)23-21(24)12-11-19-9-6-8-18-7-4-5-10-20(18)19/h4-14H,1-3H3,(H,23,24). The third-order valence-electron chi connectivity index (χ3n) is 4.16. The Labute approximate surface area is 142 Å². The summed E-state index contributed by atoms with van der Waals surface area (Å²) < 4.78 is 0. The molecule has 0 aliphatic heterocycles. The molecule has 0 saturated heterocycles. The molecular formula is C22H21NO. The van der Waals surface area contributed by atoms with Gasteiger partial charge in [0.05, 0.1) is 0 Å². The van der Waals surface area contributed by atoms with Crippen LogP contribution in [0, 0.1) is 20.8 Å². The third kappa shape index (κ3) is 3.38. The fourth-order valence-electron chi connectivity index (χ4n) is 3.10. The van der Waals surface area contributed by atoms with Crippen LogP contribution >= 0.6 is 0 Å². The summed E-state index contributed by atoms with van der Waals surface area (Å²) in [5.74, 6) is -0.113. The summed E-state index contributed by atoms with van der Waals surface area (Å²) in [6.45, 7) is 6.10. The Morgan fingerprint density at radius 1 is 0.917 bits per heavy atom. The molecular weight excluding hydrogens is 294 g/mol. The van der Waals surface area contributed by atoms with E-state index in [2.05, 4.69) is 42.6 Å². The topological polar surface area (TPSA) is 29.1 Å². The first-order valence-electron chi connectivity index (χ1n) is 8.09. The van der Waals surface area contributed by atoms with Gasteiger partial charge in [-0.05, 0) is 54.3 Å². The number of benzene rings is 3. The number of hydrogen-bond acceptors (Lipinski definition) is 1. The molecule has 2 heteroatoms. The number of fused-ring (bicyclic) bond motifs is 1. The molecule has 3 aromatic rings. The molecule has 0 aliphatic rings. The maximum Gasteiger partial charge on any atom is 0.248 e. The Hall–Kier alpha value is -2.87. The van der Waals surface area contributed by atoms with Crippen molar-refractivity contribution in [2.24, 2.45) is 0 Å². The monoisotopic (exact) mass is 315 g/mol. The van der Waals surface area contributed by atoms with E-state index >= 15 is 0 Å². The van der Waals surface area contributed by atoms with Crippen LogP contribution in [-0.4, -0.2) is 5.91 Å². The maximum atomic E-state index is 12.3. The molecule has 2 nitrogen and oxygen atoms in total. The molecule has 3 rings (SSSR count). The molecule has 0 aromatic heterocycles. The SMILES string of the molecule is Cc1cc(C)c(NC(=O)C=Cc2cccc3ccccc23)c(C)c1. The predicted octanol–water partition coefficient (Wildman–Crippen LogP) is 5.42. The van der Waals surface area contributed by atoms with Gasteiger partial charge in [-0.1, -0.05) is 60.2 Å². The van der Waals surface area contributed by atoms with Gasteiger partial charge in [-0.2, -0.15) is 0 Å². The van der Waals surface area contributed by atoms with E-state index in [-0.39, 0.29) is 5.91 Å². The van der Waals surface area contributed by atoms with Crippen molar-refractivity contribution in [3.63, 3.8) is 0 Å². The lowest BCUT2D eigenvalue weighted by molar-refractivity contribution is -0.111. The molecule has 3 aromatic carbocycles. The fourth-order valence-corrected chi connectivity index (χ4v) is 3.10. The quantitative estimate of drug-likeness (QED) is 0.643. The number of aryl methyl sites for hydroxylation is 3. The van der Waals surface area contributed by atoms with Gasteiger partial charge in [0, 0.05) is 11.8 Å². The second kappa shape index (κ2) is 6.71. The maximum absolute atomic E-state index is 12.3. The minimum atomic E-state index is -0.113. The molecule has 0 atom stereocenters. The van der Waals surface area contributed by atoms with Crippen molar-refractivity contribution >= 4 is 28.4 Å². The van der Waals surface area contributed by atoms with Gasteiger partial charge >= 0.3 is 0 Å². The first kappa shape index (κ1) is 16.0. The van der Waals surface area contributed by atoms with Crippen LogP contribution in [0.25, 0.3) is 16.8 Å². The molecule has 0 bridgehead atoms. The summed E-state index contributed by atoms with van der Waals surface area (Å²) in [5.41, 5.74) is 5.31. The average Bonchev–Trinajstić information content (AvgIpc) is 2.56. The Balaban J connectivity index is 1.83. The molecule has 0 spiro atoms. The lowest BCUT2D eigenvalue weighted by Gasteiger charge is -2.11. The highest BCUT2D eigenvalue weighted by Crippen LogP contribution is 2.22. The average molecular weight is 315 g/mol. The smallest absolute Gasteiger partial charge is 0.248 e. The van der Waals surface area contributed by atoms with E-state index in [1.165, 1.54) is 10.9 Å². The highest BCUT2D eigenvalue weighted by atomic mass is 16.1. The van der Waals surface area contributed by atoms with Gasteiger partial charge in [0.25, 0.3) is 0 Å². The van der Waals surface area contributed by atoms with E-state index in [4.69, 9.17) is 0 Å². The summed E-state index contributed by atoms with van der Waals surface area (Å²) in [4.78, 5) is 12.3. The van der Waals surface area contributed by atoms with E-state index in [1.54, 1.807) is 6.08 Å². The van der Waals surface area contributed by atoms with Crippen LogP contribution in [0.4, 0.5) is 5.69 Å². The lowest BCUT2D eigenvalue weighted by atomic mass is 10.0. The van der Waals surface area contributed by atoms with Crippen LogP contribution in [0.5, 0.6) is 0 Å². The Morgan fingerprint density at radius 2 is 1.58 bits per heavy atom. The van der Waals surface area contributed by atoms with Gasteiger partial charge < -0.3 is 5.32 Å². The van der Waals surface area contributed by atoms with E-state index in [0.29, 0.717) is 0 Å². The number of carbonyl (C=O) groups excluding carboxylic acids is 1. The Kier molecular flexibility index (Phi) is 4.48. The summed E-state index contributed by atoms with van der Waals surface area (Å²) >= 11 is 0. The molecule has 1 N–H and O–H groups in total. The van der Waals surface area contributed by atoms with Crippen molar-refractivity contribution in [1.82, 2.24) is 0 Å². The van der Waals surface area contributed by atoms with Crippen molar-refractivity contribution in [1.29, 1.82) is 0 Å². The molecule has 24 heavy (non-hydrogen) atoms. The summed E-state index contributed by atoms with van der Waals surface area (Å²) in [6.07, 6.45) is 3.47. The van der Waals surface area contributed by atoms with Crippen molar-refractivity contribution in [2.45, 2.75) is 20.8 Å². The molecule has 0 saturated carbocycles. The number of nitrogens with one attached hydrogen (secondary N) is 1. The van der Waals surface area contributed by atoms with Crippen molar-refractivity contribution < 1.29 is 4.79 Å². The minimum absolute atomic E-state index is 0.113. The zero-order valence-corrected chi connectivity index (χ0v) is 14.3. The molecule has 120 valence electrons. The van der Waals surface area contributed by atoms with E-state index in [9.17, 15) is 4.79 Å². The number of rotatable bonds is 3. The lowest BCUT2D eigenvalue weighted by Crippen LogP contribution is -2.10. The molecule has 0 fully saturated rings. The number of carbonyl (C=O) groups is 1. The number of anilines is 1. The first-order valence-corrected chi connectivity index (χ1v) is 8.09. The minimum Gasteiger partial charge on any atom is -0.322 e. The molecule has 1 amide bonds. The highest BCUT2D eigenvalue weighted by Gasteiger charge is 2.06. The van der Waals surface area contributed by atoms with Gasteiger partial charge in [-0.25, -0.2) is 0 Å². The molecule has 0 unspecified atom stereocenters. The fraction of sp³-hybridized carbons (Fsp3) is 0.136. The van der Waals surface area contributed by atoms with Crippen LogP contribution in [0.1, 0.15) is 22.3 Å². The van der Waals surface area contributed by atoms with Gasteiger partial charge in [-0.15, -0.1) is 0 Å². The van der Waals surface area contributed by atoms with Crippen LogP contribution in [0.15, 0.2) is 60.7 Å². The molecule has 0 aliphatic carbocycles. The molecule has 0 heterocycles. The largest absolute Gasteiger partial charge is 0.322 e. The Bertz CT molecular complexity index is 909. The highest BCUT2D eigenvalue weighted by molar-refractivity contribution is 6.04. The summed E-state index contributed by atoms with van der Waals surface area (Å²) in [7, 11) is 0. The summed E-state index contributed by atoms with van der Waals surface area (Å²) in [5, 5.41) is 5.31. The van der Waals surface area contributed by atoms with Crippen LogP contribution < -0.4 is 5.32 Å². The van der Waals surface area contributed by atoms with Crippen LogP contribution in [-0.2, 0) is 4.79 Å². The van der Waals surface area contributed by atoms with E-state index < -0.39 is 0 Å². The first-order chi connectivity index (χ1) is 11.5. The van der Waals surface area contributed by atoms with Crippen molar-refractivity contribution in [3.05, 3.63) is 82.9 Å². The van der Waals surface area contributed by atoms with Gasteiger partial charge in [0.2, 0.25) is 5.91 Å². The molecule has 0 radical (unpaired) electrons. The van der Waals surface area contributed by atoms with Crippen LogP contribution in [0.2, 0.25) is 0 Å². The van der Waals surface area contributed by atoms with Crippen molar-refractivity contribution in [3.8, 4) is 0 Å². The van der Waals surface area contributed by atoms with Crippen molar-refractivity contribution in [2.75, 3.05) is 5.32 Å². The number of amides is 1. The predicted molar refractivity (Wildman–Crippen MR) is 102 cm³/mol. The third-order valence-corrected chi connectivity index (χ3v) is 4.16. The normalized spacial score (nSPS) is 11.1. The second-order valence-electron chi connectivity index (χ2n) is 6.16. The Morgan fingerprint density at radius 3 is 2.33 bits per heavy atom. The van der Waals surface area contributed by atoms with E-state index in [1.807, 2.05) is 44.2 Å². The zero-order chi connectivity index (χ0) is 17.1. The van der Waals surface area contributed by atoms with Gasteiger partial charge in [0.1, 0.15) is 0 Å². The van der Waals surface area contributed by atoms with E-state index in [0.717, 1.165) is 27.8 Å². The zero-order valence-electron chi connectivity index (χ0n) is 14.3. The summed E-state index contributed by atoms with van der Waals surface area (Å²) in [6, 6.07) is 18.4. The van der Waals surface area contributed by atoms with Gasteiger partial charge in [-0.3, -0.25) is 4.79 Å². The van der Waals surface area contributed by atoms with Gasteiger partial charge in [0.15, 0.2) is 0 Å². The number of hydrogen-bond donors (Lipinski definition) is 1. The van der Waals surface area contributed by atoms with Crippen LogP contribution in [0.3, 0.4) is 0 Å².